The zero-order valence-corrected chi connectivity index (χ0v) is 17.0. The van der Waals surface area contributed by atoms with Gasteiger partial charge in [-0.2, -0.15) is 0 Å². The van der Waals surface area contributed by atoms with E-state index in [0.29, 0.717) is 5.16 Å². The van der Waals surface area contributed by atoms with E-state index in [-0.39, 0.29) is 16.7 Å². The lowest BCUT2D eigenvalue weighted by atomic mass is 10.2. The maximum absolute atomic E-state index is 12.9. The van der Waals surface area contributed by atoms with E-state index in [1.54, 1.807) is 23.0 Å². The third-order valence-corrected chi connectivity index (χ3v) is 7.77. The second-order valence-corrected chi connectivity index (χ2v) is 9.69. The predicted molar refractivity (Wildman–Crippen MR) is 107 cm³/mol. The van der Waals surface area contributed by atoms with Crippen molar-refractivity contribution in [1.82, 2.24) is 14.5 Å². The standard InChI is InChI=1S/C19H25N3O2S2/c1-12(17(23)22-10-5-3-4-6-11-22)25-19-20-16-15(18(24)21(19)2)13-8-7-9-14(13)26-16/h12H,3-11H2,1-2H3/t12-/m0/s1. The summed E-state index contributed by atoms with van der Waals surface area (Å²) in [5.41, 5.74) is 1.25. The summed E-state index contributed by atoms with van der Waals surface area (Å²) in [6, 6.07) is 0. The zero-order chi connectivity index (χ0) is 18.3. The number of hydrogen-bond donors (Lipinski definition) is 0. The highest BCUT2D eigenvalue weighted by Crippen LogP contribution is 2.36. The molecule has 3 heterocycles. The molecule has 1 fully saturated rings. The van der Waals surface area contributed by atoms with Crippen LogP contribution in [0.2, 0.25) is 0 Å². The lowest BCUT2D eigenvalue weighted by Crippen LogP contribution is -2.37. The molecule has 5 nitrogen and oxygen atoms in total. The van der Waals surface area contributed by atoms with Crippen molar-refractivity contribution in [2.75, 3.05) is 13.1 Å². The third-order valence-electron chi connectivity index (χ3n) is 5.45. The van der Waals surface area contributed by atoms with Crippen LogP contribution >= 0.6 is 23.1 Å². The fourth-order valence-corrected chi connectivity index (χ4v) is 6.23. The average Bonchev–Trinajstić information content (AvgIpc) is 3.08. The first-order chi connectivity index (χ1) is 12.6. The smallest absolute Gasteiger partial charge is 0.262 e. The fourth-order valence-electron chi connectivity index (χ4n) is 3.97. The van der Waals surface area contributed by atoms with E-state index in [0.717, 1.165) is 55.4 Å². The predicted octanol–water partition coefficient (Wildman–Crippen LogP) is 3.37. The third kappa shape index (κ3) is 3.20. The number of rotatable bonds is 3. The van der Waals surface area contributed by atoms with Crippen LogP contribution in [0, 0.1) is 0 Å². The van der Waals surface area contributed by atoms with E-state index < -0.39 is 0 Å². The van der Waals surface area contributed by atoms with Crippen LogP contribution in [0.5, 0.6) is 0 Å². The molecule has 1 aliphatic carbocycles. The Kier molecular flexibility index (Phi) is 5.10. The summed E-state index contributed by atoms with van der Waals surface area (Å²) < 4.78 is 1.63. The Labute approximate surface area is 161 Å². The number of aryl methyl sites for hydroxylation is 2. The number of thiophene rings is 1. The van der Waals surface area contributed by atoms with Crippen molar-refractivity contribution in [3.8, 4) is 0 Å². The second kappa shape index (κ2) is 7.35. The highest BCUT2D eigenvalue weighted by molar-refractivity contribution is 8.00. The van der Waals surface area contributed by atoms with Gasteiger partial charge in [-0.25, -0.2) is 4.98 Å². The first-order valence-corrected chi connectivity index (χ1v) is 11.2. The monoisotopic (exact) mass is 391 g/mol. The molecule has 1 atom stereocenters. The van der Waals surface area contributed by atoms with Crippen molar-refractivity contribution in [3.63, 3.8) is 0 Å². The van der Waals surface area contributed by atoms with E-state index in [1.807, 2.05) is 11.8 Å². The summed E-state index contributed by atoms with van der Waals surface area (Å²) in [6.07, 6.45) is 7.79. The number of aromatic nitrogens is 2. The van der Waals surface area contributed by atoms with Gasteiger partial charge in [0.1, 0.15) is 4.83 Å². The van der Waals surface area contributed by atoms with Crippen molar-refractivity contribution in [3.05, 3.63) is 20.8 Å². The molecule has 0 spiro atoms. The van der Waals surface area contributed by atoms with Gasteiger partial charge in [-0.05, 0) is 44.6 Å². The molecule has 2 aromatic rings. The van der Waals surface area contributed by atoms with E-state index in [2.05, 4.69) is 0 Å². The van der Waals surface area contributed by atoms with Gasteiger partial charge in [-0.3, -0.25) is 14.2 Å². The van der Waals surface area contributed by atoms with Crippen LogP contribution in [0.15, 0.2) is 9.95 Å². The molecular formula is C19H25N3O2S2. The average molecular weight is 392 g/mol. The van der Waals surface area contributed by atoms with Crippen LogP contribution in [-0.4, -0.2) is 38.7 Å². The molecule has 1 saturated heterocycles. The molecule has 0 unspecified atom stereocenters. The van der Waals surface area contributed by atoms with Gasteiger partial charge in [0.05, 0.1) is 10.6 Å². The van der Waals surface area contributed by atoms with Gasteiger partial charge in [-0.1, -0.05) is 24.6 Å². The molecule has 7 heteroatoms. The quantitative estimate of drug-likeness (QED) is 0.595. The SMILES string of the molecule is C[C@H](Sc1nc2sc3c(c2c(=O)n1C)CCC3)C(=O)N1CCCCCC1. The van der Waals surface area contributed by atoms with E-state index in [4.69, 9.17) is 4.98 Å². The van der Waals surface area contributed by atoms with E-state index in [9.17, 15) is 9.59 Å². The van der Waals surface area contributed by atoms with Gasteiger partial charge >= 0.3 is 0 Å². The highest BCUT2D eigenvalue weighted by Gasteiger charge is 2.26. The molecule has 0 bridgehead atoms. The van der Waals surface area contributed by atoms with Gasteiger partial charge in [0.15, 0.2) is 5.16 Å². The van der Waals surface area contributed by atoms with Crippen LogP contribution in [0.25, 0.3) is 10.2 Å². The number of hydrogen-bond acceptors (Lipinski definition) is 5. The number of amides is 1. The van der Waals surface area contributed by atoms with E-state index in [1.165, 1.54) is 35.0 Å². The number of carbonyl (C=O) groups is 1. The molecule has 2 aliphatic rings. The summed E-state index contributed by atoms with van der Waals surface area (Å²) in [7, 11) is 1.78. The second-order valence-electron chi connectivity index (χ2n) is 7.30. The lowest BCUT2D eigenvalue weighted by molar-refractivity contribution is -0.130. The molecule has 1 amide bonds. The Morgan fingerprint density at radius 1 is 1.15 bits per heavy atom. The summed E-state index contributed by atoms with van der Waals surface area (Å²) in [5.74, 6) is 0.167. The first-order valence-electron chi connectivity index (χ1n) is 9.53. The van der Waals surface area contributed by atoms with Crippen LogP contribution in [0.1, 0.15) is 49.5 Å². The van der Waals surface area contributed by atoms with Crippen LogP contribution in [0.4, 0.5) is 0 Å². The Bertz CT molecular complexity index is 894. The van der Waals surface area contributed by atoms with Crippen molar-refractivity contribution in [2.45, 2.75) is 62.3 Å². The maximum atomic E-state index is 12.9. The number of likely N-dealkylation sites (tertiary alicyclic amines) is 1. The number of fused-ring (bicyclic) bond motifs is 3. The molecule has 4 rings (SSSR count). The van der Waals surface area contributed by atoms with Gasteiger partial charge in [-0.15, -0.1) is 11.3 Å². The largest absolute Gasteiger partial charge is 0.342 e. The normalized spacial score (nSPS) is 18.8. The van der Waals surface area contributed by atoms with Crippen molar-refractivity contribution in [1.29, 1.82) is 0 Å². The minimum Gasteiger partial charge on any atom is -0.342 e. The van der Waals surface area contributed by atoms with Crippen LogP contribution in [0.3, 0.4) is 0 Å². The Morgan fingerprint density at radius 3 is 2.62 bits per heavy atom. The zero-order valence-electron chi connectivity index (χ0n) is 15.4. The molecule has 26 heavy (non-hydrogen) atoms. The van der Waals surface area contributed by atoms with Gasteiger partial charge in [0.25, 0.3) is 5.56 Å². The van der Waals surface area contributed by atoms with Gasteiger partial charge < -0.3 is 4.90 Å². The number of carbonyl (C=O) groups excluding carboxylic acids is 1. The molecule has 0 aromatic carbocycles. The summed E-state index contributed by atoms with van der Waals surface area (Å²) in [6.45, 7) is 3.64. The minimum atomic E-state index is -0.226. The van der Waals surface area contributed by atoms with Crippen LogP contribution in [-0.2, 0) is 24.7 Å². The molecule has 0 N–H and O–H groups in total. The molecule has 0 radical (unpaired) electrons. The fraction of sp³-hybridized carbons (Fsp3) is 0.632. The minimum absolute atomic E-state index is 0.0336. The summed E-state index contributed by atoms with van der Waals surface area (Å²) >= 11 is 3.07. The molecule has 0 saturated carbocycles. The first kappa shape index (κ1) is 18.0. The van der Waals surface area contributed by atoms with Gasteiger partial charge in [0.2, 0.25) is 5.91 Å². The topological polar surface area (TPSA) is 55.2 Å². The molecule has 2 aromatic heterocycles. The Morgan fingerprint density at radius 2 is 1.88 bits per heavy atom. The molecule has 140 valence electrons. The lowest BCUT2D eigenvalue weighted by Gasteiger charge is -2.23. The summed E-state index contributed by atoms with van der Waals surface area (Å²) in [5, 5.41) is 1.23. The van der Waals surface area contributed by atoms with Crippen LogP contribution < -0.4 is 5.56 Å². The summed E-state index contributed by atoms with van der Waals surface area (Å²) in [4.78, 5) is 34.6. The van der Waals surface area contributed by atoms with Crippen molar-refractivity contribution >= 4 is 39.2 Å². The maximum Gasteiger partial charge on any atom is 0.262 e. The number of nitrogens with zero attached hydrogens (tertiary/aromatic N) is 3. The van der Waals surface area contributed by atoms with Crippen molar-refractivity contribution < 1.29 is 4.79 Å². The van der Waals surface area contributed by atoms with Crippen molar-refractivity contribution in [2.24, 2.45) is 7.05 Å². The Balaban J connectivity index is 1.59. The highest BCUT2D eigenvalue weighted by atomic mass is 32.2. The van der Waals surface area contributed by atoms with Gasteiger partial charge in [0, 0.05) is 25.0 Å². The van der Waals surface area contributed by atoms with E-state index >= 15 is 0 Å². The Hall–Kier alpha value is -1.34. The molecular weight excluding hydrogens is 366 g/mol. The number of thioether (sulfide) groups is 1. The molecule has 1 aliphatic heterocycles.